The van der Waals surface area contributed by atoms with E-state index in [1.165, 1.54) is 0 Å². The van der Waals surface area contributed by atoms with Crippen molar-refractivity contribution >= 4 is 43.7 Å². The van der Waals surface area contributed by atoms with Gasteiger partial charge < -0.3 is 15.2 Å². The molecule has 0 aliphatic carbocycles. The molecule has 180 valence electrons. The van der Waals surface area contributed by atoms with Crippen LogP contribution in [0.1, 0.15) is 5.56 Å². The monoisotopic (exact) mass is 495 g/mol. The van der Waals surface area contributed by atoms with Crippen molar-refractivity contribution in [2.24, 2.45) is 0 Å². The van der Waals surface area contributed by atoms with E-state index in [1.54, 1.807) is 35.0 Å². The smallest absolute Gasteiger partial charge is 0.244 e. The van der Waals surface area contributed by atoms with Crippen LogP contribution in [0.25, 0.3) is 10.9 Å². The lowest BCUT2D eigenvalue weighted by atomic mass is 10.2. The Bertz CT molecular complexity index is 1590. The maximum absolute atomic E-state index is 13.2. The van der Waals surface area contributed by atoms with Crippen LogP contribution in [0.15, 0.2) is 120 Å². The van der Waals surface area contributed by atoms with Crippen molar-refractivity contribution in [1.29, 1.82) is 0 Å². The van der Waals surface area contributed by atoms with E-state index >= 15 is 0 Å². The highest BCUT2D eigenvalue weighted by molar-refractivity contribution is 7.90. The molecule has 0 aliphatic rings. The maximum Gasteiger partial charge on any atom is 0.244 e. The number of benzene rings is 4. The summed E-state index contributed by atoms with van der Waals surface area (Å²) in [5.74, 6) is -0.344. The summed E-state index contributed by atoms with van der Waals surface area (Å²) in [4.78, 5) is 13.1. The second kappa shape index (κ2) is 10.1. The summed E-state index contributed by atoms with van der Waals surface area (Å²) >= 11 is 0. The minimum Gasteiger partial charge on any atom is -0.356 e. The van der Waals surface area contributed by atoms with Crippen molar-refractivity contribution in [2.75, 3.05) is 10.6 Å². The number of aromatic nitrogens is 1. The van der Waals surface area contributed by atoms with Gasteiger partial charge >= 0.3 is 0 Å². The van der Waals surface area contributed by atoms with Crippen LogP contribution in [0.5, 0.6) is 0 Å². The fraction of sp³-hybridized carbons (Fsp3) is 0.0690. The topological polar surface area (TPSA) is 80.2 Å². The molecule has 6 nitrogen and oxygen atoms in total. The van der Waals surface area contributed by atoms with Crippen LogP contribution in [-0.4, -0.2) is 18.9 Å². The van der Waals surface area contributed by atoms with Crippen LogP contribution in [-0.2, 0) is 26.9 Å². The van der Waals surface area contributed by atoms with Gasteiger partial charge in [0.15, 0.2) is 9.84 Å². The minimum atomic E-state index is -3.60. The zero-order chi connectivity index (χ0) is 25.0. The second-order valence-electron chi connectivity index (χ2n) is 8.50. The van der Waals surface area contributed by atoms with Crippen molar-refractivity contribution in [2.45, 2.75) is 17.2 Å². The van der Waals surface area contributed by atoms with Gasteiger partial charge in [-0.25, -0.2) is 8.42 Å². The van der Waals surface area contributed by atoms with Crippen LogP contribution < -0.4 is 10.6 Å². The molecule has 0 aliphatic heterocycles. The average Bonchev–Trinajstić information content (AvgIpc) is 3.25. The van der Waals surface area contributed by atoms with Gasteiger partial charge in [-0.15, -0.1) is 0 Å². The summed E-state index contributed by atoms with van der Waals surface area (Å²) in [6.45, 7) is -0.00854. The summed E-state index contributed by atoms with van der Waals surface area (Å²) in [6, 6.07) is 33.6. The SMILES string of the molecule is O=C(Cn1cc(S(=O)(=O)Cc2ccccc2)c2ccccc21)Nc1ccc(Nc2ccccc2)cc1. The molecule has 5 rings (SSSR count). The van der Waals surface area contributed by atoms with Gasteiger partial charge in [-0.2, -0.15) is 0 Å². The van der Waals surface area contributed by atoms with Crippen LogP contribution in [0.3, 0.4) is 0 Å². The predicted octanol–water partition coefficient (Wildman–Crippen LogP) is 6.00. The van der Waals surface area contributed by atoms with Crippen LogP contribution in [0, 0.1) is 0 Å². The number of hydrogen-bond donors (Lipinski definition) is 2. The Balaban J connectivity index is 1.32. The van der Waals surface area contributed by atoms with Crippen LogP contribution >= 0.6 is 0 Å². The van der Waals surface area contributed by atoms with Crippen molar-refractivity contribution in [1.82, 2.24) is 4.57 Å². The van der Waals surface area contributed by atoms with Gasteiger partial charge in [-0.3, -0.25) is 4.79 Å². The summed E-state index contributed by atoms with van der Waals surface area (Å²) in [5.41, 5.74) is 3.96. The number of carbonyl (C=O) groups is 1. The Hall–Kier alpha value is -4.36. The van der Waals surface area contributed by atoms with E-state index in [9.17, 15) is 13.2 Å². The zero-order valence-corrected chi connectivity index (χ0v) is 20.3. The number of hydrogen-bond acceptors (Lipinski definition) is 4. The number of rotatable bonds is 8. The van der Waals surface area contributed by atoms with E-state index in [2.05, 4.69) is 10.6 Å². The number of anilines is 3. The molecule has 1 aromatic heterocycles. The Morgan fingerprint density at radius 3 is 2.00 bits per heavy atom. The van der Waals surface area contributed by atoms with Crippen molar-refractivity contribution < 1.29 is 13.2 Å². The van der Waals surface area contributed by atoms with E-state index < -0.39 is 9.84 Å². The highest BCUT2D eigenvalue weighted by Gasteiger charge is 2.22. The van der Waals surface area contributed by atoms with Crippen LogP contribution in [0.2, 0.25) is 0 Å². The van der Waals surface area contributed by atoms with Gasteiger partial charge in [-0.05, 0) is 48.0 Å². The molecule has 0 fully saturated rings. The normalized spacial score (nSPS) is 11.3. The fourth-order valence-corrected chi connectivity index (χ4v) is 5.73. The first kappa shape index (κ1) is 23.4. The van der Waals surface area contributed by atoms with Gasteiger partial charge in [0.05, 0.1) is 10.6 Å². The third-order valence-electron chi connectivity index (χ3n) is 5.83. The van der Waals surface area contributed by atoms with Gasteiger partial charge in [0.25, 0.3) is 0 Å². The lowest BCUT2D eigenvalue weighted by Gasteiger charge is -2.09. The van der Waals surface area contributed by atoms with E-state index in [0.29, 0.717) is 16.6 Å². The predicted molar refractivity (Wildman–Crippen MR) is 144 cm³/mol. The summed E-state index contributed by atoms with van der Waals surface area (Å²) in [6.07, 6.45) is 1.56. The molecule has 2 N–H and O–H groups in total. The highest BCUT2D eigenvalue weighted by atomic mass is 32.2. The summed E-state index contributed by atoms with van der Waals surface area (Å²) < 4.78 is 28.2. The Labute approximate surface area is 210 Å². The molecule has 0 bridgehead atoms. The average molecular weight is 496 g/mol. The highest BCUT2D eigenvalue weighted by Crippen LogP contribution is 2.28. The standard InChI is InChI=1S/C29H25N3O3S/c33-29(31-25-17-15-24(16-18-25)30-23-11-5-2-6-12-23)20-32-19-28(26-13-7-8-14-27(26)32)36(34,35)21-22-9-3-1-4-10-22/h1-19,30H,20-21H2,(H,31,33). The van der Waals surface area contributed by atoms with Gasteiger partial charge in [0.1, 0.15) is 6.54 Å². The minimum absolute atomic E-state index is 0.00854. The molecule has 0 radical (unpaired) electrons. The Morgan fingerprint density at radius 2 is 1.28 bits per heavy atom. The number of amides is 1. The molecule has 0 atom stereocenters. The largest absolute Gasteiger partial charge is 0.356 e. The lowest BCUT2D eigenvalue weighted by molar-refractivity contribution is -0.116. The summed E-state index contributed by atoms with van der Waals surface area (Å²) in [7, 11) is -3.60. The van der Waals surface area contributed by atoms with Gasteiger partial charge in [-0.1, -0.05) is 66.7 Å². The molecule has 0 spiro atoms. The molecule has 1 heterocycles. The van der Waals surface area contributed by atoms with Crippen LogP contribution in [0.4, 0.5) is 17.1 Å². The molecule has 36 heavy (non-hydrogen) atoms. The third kappa shape index (κ3) is 5.31. The van der Waals surface area contributed by atoms with E-state index in [1.807, 2.05) is 84.9 Å². The number of nitrogens with one attached hydrogen (secondary N) is 2. The Morgan fingerprint density at radius 1 is 0.694 bits per heavy atom. The molecule has 1 amide bonds. The maximum atomic E-state index is 13.2. The second-order valence-corrected chi connectivity index (χ2v) is 10.5. The van der Waals surface area contributed by atoms with Crippen molar-refractivity contribution in [3.63, 3.8) is 0 Å². The molecule has 7 heteroatoms. The molecule has 5 aromatic rings. The number of para-hydroxylation sites is 2. The lowest BCUT2D eigenvalue weighted by Crippen LogP contribution is -2.18. The Kier molecular flexibility index (Phi) is 6.56. The van der Waals surface area contributed by atoms with Crippen molar-refractivity contribution in [3.8, 4) is 0 Å². The quantitative estimate of drug-likeness (QED) is 0.277. The number of nitrogens with zero attached hydrogens (tertiary/aromatic N) is 1. The number of carbonyl (C=O) groups excluding carboxylic acids is 1. The first-order chi connectivity index (χ1) is 17.5. The van der Waals surface area contributed by atoms with E-state index in [0.717, 1.165) is 16.9 Å². The molecular formula is C29H25N3O3S. The molecule has 0 unspecified atom stereocenters. The summed E-state index contributed by atoms with van der Waals surface area (Å²) in [5, 5.41) is 6.81. The number of sulfone groups is 1. The first-order valence-corrected chi connectivity index (χ1v) is 13.2. The van der Waals surface area contributed by atoms with Gasteiger partial charge in [0.2, 0.25) is 5.91 Å². The van der Waals surface area contributed by atoms with Crippen molar-refractivity contribution in [3.05, 3.63) is 121 Å². The molecule has 0 saturated heterocycles. The van der Waals surface area contributed by atoms with E-state index in [-0.39, 0.29) is 23.1 Å². The van der Waals surface area contributed by atoms with Gasteiger partial charge in [0, 0.05) is 34.2 Å². The van der Waals surface area contributed by atoms with E-state index in [4.69, 9.17) is 0 Å². The molecule has 0 saturated carbocycles. The zero-order valence-electron chi connectivity index (χ0n) is 19.5. The molecule has 4 aromatic carbocycles. The third-order valence-corrected chi connectivity index (χ3v) is 7.54. The molecular weight excluding hydrogens is 470 g/mol. The first-order valence-electron chi connectivity index (χ1n) is 11.5. The fourth-order valence-electron chi connectivity index (χ4n) is 4.14. The number of fused-ring (bicyclic) bond motifs is 1.